The number of phenolic OH excluding ortho intramolecular Hbond substituents is 1. The second-order valence-corrected chi connectivity index (χ2v) is 8.86. The van der Waals surface area contributed by atoms with Crippen molar-refractivity contribution in [2.45, 2.75) is 25.3 Å². The molecule has 0 saturated carbocycles. The first-order chi connectivity index (χ1) is 18.5. The van der Waals surface area contributed by atoms with Crippen LogP contribution in [0.3, 0.4) is 0 Å². The second kappa shape index (κ2) is 11.0. The number of nitrogens with zero attached hydrogens (tertiary/aromatic N) is 2. The molecule has 2 aliphatic heterocycles. The fraction of sp³-hybridized carbons (Fsp3) is 0.292. The second-order valence-electron chi connectivity index (χ2n) is 8.86. The smallest absolute Gasteiger partial charge is 0.534 e. The Morgan fingerprint density at radius 1 is 1.18 bits per heavy atom. The van der Waals surface area contributed by atoms with Crippen LogP contribution in [0.4, 0.5) is 9.18 Å². The topological polar surface area (TPSA) is 186 Å². The predicted molar refractivity (Wildman–Crippen MR) is 131 cm³/mol. The Labute approximate surface area is 221 Å². The molecule has 15 heteroatoms. The Morgan fingerprint density at radius 2 is 1.92 bits per heavy atom. The number of nitrogens with one attached hydrogen (secondary N) is 2. The lowest BCUT2D eigenvalue weighted by molar-refractivity contribution is -0.153. The lowest BCUT2D eigenvalue weighted by Crippen LogP contribution is -2.60. The van der Waals surface area contributed by atoms with Crippen molar-refractivity contribution in [1.29, 1.82) is 0 Å². The molecule has 204 valence electrons. The molecule has 2 aromatic rings. The van der Waals surface area contributed by atoms with Gasteiger partial charge in [0.1, 0.15) is 11.8 Å². The number of hydrogen-bond donors (Lipinski definition) is 5. The fourth-order valence-electron chi connectivity index (χ4n) is 4.36. The van der Waals surface area contributed by atoms with Crippen LogP contribution in [0.5, 0.6) is 11.5 Å². The van der Waals surface area contributed by atoms with E-state index in [0.29, 0.717) is 10.5 Å². The predicted octanol–water partition coefficient (Wildman–Crippen LogP) is -0.189. The summed E-state index contributed by atoms with van der Waals surface area (Å²) in [5.74, 6) is -7.15. The number of carboxylic acids is 1. The van der Waals surface area contributed by atoms with Crippen molar-refractivity contribution in [3.05, 3.63) is 58.9 Å². The number of piperazine rings is 1. The van der Waals surface area contributed by atoms with Gasteiger partial charge in [0.05, 0.1) is 11.5 Å². The van der Waals surface area contributed by atoms with E-state index in [1.165, 1.54) is 23.1 Å². The number of carbonyl (C=O) groups is 5. The highest BCUT2D eigenvalue weighted by atomic mass is 19.1. The number of aromatic hydroxyl groups is 1. The first-order valence-corrected chi connectivity index (χ1v) is 11.9. The van der Waals surface area contributed by atoms with Gasteiger partial charge in [-0.25, -0.2) is 14.0 Å². The number of likely N-dealkylation sites (N-methyl/N-ethyl adjacent to an activating group) is 1. The summed E-state index contributed by atoms with van der Waals surface area (Å²) in [6, 6.07) is 4.56. The normalized spacial score (nSPS) is 17.7. The summed E-state index contributed by atoms with van der Waals surface area (Å²) in [7, 11) is -1.67. The molecule has 1 saturated heterocycles. The van der Waals surface area contributed by atoms with Crippen LogP contribution in [0.15, 0.2) is 36.4 Å². The first-order valence-electron chi connectivity index (χ1n) is 11.9. The molecular formula is C24H24BFN4O9. The van der Waals surface area contributed by atoms with E-state index in [9.17, 15) is 43.6 Å². The van der Waals surface area contributed by atoms with Crippen molar-refractivity contribution in [1.82, 2.24) is 20.4 Å². The Bertz CT molecular complexity index is 1360. The molecule has 13 nitrogen and oxygen atoms in total. The number of halogens is 1. The van der Waals surface area contributed by atoms with Gasteiger partial charge in [-0.1, -0.05) is 18.2 Å². The lowest BCUT2D eigenvalue weighted by atomic mass is 9.72. The van der Waals surface area contributed by atoms with Crippen molar-refractivity contribution >= 4 is 36.8 Å². The summed E-state index contributed by atoms with van der Waals surface area (Å²) in [6.07, 6.45) is -0.0417. The zero-order valence-electron chi connectivity index (χ0n) is 20.6. The van der Waals surface area contributed by atoms with Crippen LogP contribution in [0.2, 0.25) is 0 Å². The third kappa shape index (κ3) is 5.48. The summed E-state index contributed by atoms with van der Waals surface area (Å²) in [5.41, 5.74) is 0.102. The van der Waals surface area contributed by atoms with E-state index >= 15 is 0 Å². The molecule has 0 spiro atoms. The molecule has 0 aromatic heterocycles. The molecule has 39 heavy (non-hydrogen) atoms. The van der Waals surface area contributed by atoms with Crippen LogP contribution < -0.4 is 15.3 Å². The van der Waals surface area contributed by atoms with E-state index in [1.807, 2.05) is 0 Å². The SMILES string of the molecule is CCN1CCN(C(=O)NC(C(=O)N[C@H]2Cc3cccc(C(=O)O)c3OB2O)c2ccc(O)c(F)c2)C(=O)C1=O. The molecule has 0 bridgehead atoms. The van der Waals surface area contributed by atoms with E-state index < -0.39 is 60.4 Å². The summed E-state index contributed by atoms with van der Waals surface area (Å²) in [4.78, 5) is 64.4. The van der Waals surface area contributed by atoms with Crippen molar-refractivity contribution in [2.75, 3.05) is 19.6 Å². The van der Waals surface area contributed by atoms with Gasteiger partial charge in [0, 0.05) is 19.6 Å². The molecule has 2 aliphatic rings. The molecule has 2 atom stereocenters. The average molecular weight is 542 g/mol. The molecular weight excluding hydrogens is 518 g/mol. The Morgan fingerprint density at radius 3 is 2.59 bits per heavy atom. The molecule has 0 aliphatic carbocycles. The van der Waals surface area contributed by atoms with Crippen LogP contribution in [-0.2, 0) is 20.8 Å². The average Bonchev–Trinajstić information content (AvgIpc) is 2.90. The Balaban J connectivity index is 1.57. The minimum atomic E-state index is -1.67. The van der Waals surface area contributed by atoms with E-state index in [-0.39, 0.29) is 42.9 Å². The molecule has 4 rings (SSSR count). The minimum absolute atomic E-state index is 0.0417. The number of amides is 5. The summed E-state index contributed by atoms with van der Waals surface area (Å²) in [5, 5.41) is 34.2. The van der Waals surface area contributed by atoms with Crippen LogP contribution in [0.1, 0.15) is 34.5 Å². The van der Waals surface area contributed by atoms with Gasteiger partial charge in [-0.3, -0.25) is 19.3 Å². The number of hydrogen-bond acceptors (Lipinski definition) is 8. The van der Waals surface area contributed by atoms with Gasteiger partial charge in [0.25, 0.3) is 0 Å². The minimum Gasteiger partial charge on any atom is -0.534 e. The van der Waals surface area contributed by atoms with Gasteiger partial charge in [0.15, 0.2) is 11.6 Å². The zero-order valence-corrected chi connectivity index (χ0v) is 20.6. The summed E-state index contributed by atoms with van der Waals surface area (Å²) in [6.45, 7) is 1.88. The molecule has 2 heterocycles. The quantitative estimate of drug-likeness (QED) is 0.244. The maximum atomic E-state index is 14.2. The standard InChI is InChI=1S/C24H24BFN4O9/c1-2-29-8-9-30(22(34)21(29)33)24(37)28-18(12-6-7-16(31)15(26)10-12)20(32)27-17-11-13-4-3-5-14(23(35)36)19(13)39-25(17)38/h3-7,10,17-18,31,38H,2,8-9,11H2,1H3,(H,27,32)(H,28,37)(H,35,36)/t17-,18?/m0/s1. The molecule has 1 fully saturated rings. The number of benzene rings is 2. The third-order valence-electron chi connectivity index (χ3n) is 6.45. The van der Waals surface area contributed by atoms with E-state index in [4.69, 9.17) is 4.65 Å². The van der Waals surface area contributed by atoms with Crippen LogP contribution in [0.25, 0.3) is 0 Å². The largest absolute Gasteiger partial charge is 0.547 e. The van der Waals surface area contributed by atoms with Gasteiger partial charge in [0.2, 0.25) is 5.91 Å². The molecule has 0 radical (unpaired) electrons. The van der Waals surface area contributed by atoms with Gasteiger partial charge in [-0.15, -0.1) is 0 Å². The molecule has 2 aromatic carbocycles. The monoisotopic (exact) mass is 542 g/mol. The maximum Gasteiger partial charge on any atom is 0.547 e. The van der Waals surface area contributed by atoms with Gasteiger partial charge in [-0.05, 0) is 42.7 Å². The van der Waals surface area contributed by atoms with Crippen molar-refractivity contribution in [3.63, 3.8) is 0 Å². The highest BCUT2D eigenvalue weighted by Crippen LogP contribution is 2.30. The Kier molecular flexibility index (Phi) is 7.71. The number of para-hydroxylation sites is 1. The third-order valence-corrected chi connectivity index (χ3v) is 6.45. The number of fused-ring (bicyclic) bond motifs is 1. The number of carbonyl (C=O) groups excluding carboxylic acids is 4. The van der Waals surface area contributed by atoms with Crippen molar-refractivity contribution < 1.29 is 48.3 Å². The molecule has 5 N–H and O–H groups in total. The molecule has 1 unspecified atom stereocenters. The van der Waals surface area contributed by atoms with E-state index in [2.05, 4.69) is 10.6 Å². The van der Waals surface area contributed by atoms with Crippen LogP contribution >= 0.6 is 0 Å². The number of aromatic carboxylic acids is 1. The van der Waals surface area contributed by atoms with E-state index in [0.717, 1.165) is 12.1 Å². The first kappa shape index (κ1) is 27.4. The van der Waals surface area contributed by atoms with E-state index in [1.54, 1.807) is 13.0 Å². The number of phenols is 1. The number of carboxylic acid groups (broad SMARTS) is 1. The summed E-state index contributed by atoms with van der Waals surface area (Å²) >= 11 is 0. The number of urea groups is 1. The van der Waals surface area contributed by atoms with Gasteiger partial charge in [-0.2, -0.15) is 0 Å². The highest BCUT2D eigenvalue weighted by molar-refractivity contribution is 6.47. The highest BCUT2D eigenvalue weighted by Gasteiger charge is 2.41. The Hall–Kier alpha value is -4.66. The van der Waals surface area contributed by atoms with Gasteiger partial charge >= 0.3 is 30.9 Å². The number of imide groups is 1. The van der Waals surface area contributed by atoms with Gasteiger partial charge < -0.3 is 35.4 Å². The zero-order chi connectivity index (χ0) is 28.4. The summed E-state index contributed by atoms with van der Waals surface area (Å²) < 4.78 is 19.5. The fourth-order valence-corrected chi connectivity index (χ4v) is 4.36. The van der Waals surface area contributed by atoms with Crippen molar-refractivity contribution in [2.24, 2.45) is 0 Å². The van der Waals surface area contributed by atoms with Crippen molar-refractivity contribution in [3.8, 4) is 11.5 Å². The molecule has 5 amide bonds. The maximum absolute atomic E-state index is 14.2. The lowest BCUT2D eigenvalue weighted by Gasteiger charge is -2.33. The number of rotatable bonds is 6. The van der Waals surface area contributed by atoms with Crippen LogP contribution in [-0.4, -0.2) is 87.5 Å². The van der Waals surface area contributed by atoms with Crippen LogP contribution in [0, 0.1) is 5.82 Å².